The number of aryl methyl sites for hydroxylation is 2. The van der Waals surface area contributed by atoms with Gasteiger partial charge in [-0.2, -0.15) is 0 Å². The number of thiophene rings is 1. The summed E-state index contributed by atoms with van der Waals surface area (Å²) in [4.78, 5) is 2.79. The molecule has 0 spiro atoms. The predicted octanol–water partition coefficient (Wildman–Crippen LogP) is 1.82. The van der Waals surface area contributed by atoms with Crippen molar-refractivity contribution in [2.45, 2.75) is 32.9 Å². The van der Waals surface area contributed by atoms with Crippen molar-refractivity contribution in [3.63, 3.8) is 0 Å². The fourth-order valence-electron chi connectivity index (χ4n) is 1.49. The highest BCUT2D eigenvalue weighted by Crippen LogP contribution is 2.20. The minimum absolute atomic E-state index is 0.183. The van der Waals surface area contributed by atoms with Crippen molar-refractivity contribution >= 4 is 11.3 Å². The van der Waals surface area contributed by atoms with Gasteiger partial charge in [0.15, 0.2) is 0 Å². The van der Waals surface area contributed by atoms with E-state index in [4.69, 9.17) is 10.5 Å². The van der Waals surface area contributed by atoms with Gasteiger partial charge in [-0.15, -0.1) is 11.3 Å². The highest BCUT2D eigenvalue weighted by molar-refractivity contribution is 7.12. The maximum atomic E-state index is 5.92. The summed E-state index contributed by atoms with van der Waals surface area (Å²) in [6.45, 7) is 6.81. The lowest BCUT2D eigenvalue weighted by Gasteiger charge is -2.11. The van der Waals surface area contributed by atoms with Gasteiger partial charge in [0.25, 0.3) is 0 Å². The summed E-state index contributed by atoms with van der Waals surface area (Å²) >= 11 is 1.86. The van der Waals surface area contributed by atoms with E-state index in [1.807, 2.05) is 11.3 Å². The monoisotopic (exact) mass is 242 g/mol. The largest absolute Gasteiger partial charge is 0.385 e. The Hall–Kier alpha value is -0.420. The molecule has 3 N–H and O–H groups in total. The summed E-state index contributed by atoms with van der Waals surface area (Å²) in [6.07, 6.45) is 0.909. The molecule has 0 saturated carbocycles. The number of rotatable bonds is 7. The Bertz CT molecular complexity index is 292. The van der Waals surface area contributed by atoms with Gasteiger partial charge in [-0.1, -0.05) is 0 Å². The third kappa shape index (κ3) is 4.61. The van der Waals surface area contributed by atoms with Gasteiger partial charge >= 0.3 is 0 Å². The van der Waals surface area contributed by atoms with Crippen LogP contribution in [0, 0.1) is 13.8 Å². The van der Waals surface area contributed by atoms with Crippen molar-refractivity contribution in [3.8, 4) is 0 Å². The van der Waals surface area contributed by atoms with E-state index in [-0.39, 0.29) is 6.04 Å². The maximum Gasteiger partial charge on any atom is 0.0477 e. The average molecular weight is 242 g/mol. The molecule has 0 bridgehead atoms. The first-order valence-electron chi connectivity index (χ1n) is 5.64. The zero-order valence-electron chi connectivity index (χ0n) is 10.4. The molecule has 1 atom stereocenters. The Balaban J connectivity index is 2.20. The Morgan fingerprint density at radius 3 is 2.81 bits per heavy atom. The molecule has 3 nitrogen and oxygen atoms in total. The van der Waals surface area contributed by atoms with Crippen LogP contribution in [0.25, 0.3) is 0 Å². The summed E-state index contributed by atoms with van der Waals surface area (Å²) in [5.41, 5.74) is 7.30. The van der Waals surface area contributed by atoms with Crippen LogP contribution < -0.4 is 11.1 Å². The van der Waals surface area contributed by atoms with Crippen LogP contribution in [0.5, 0.6) is 0 Å². The predicted molar refractivity (Wildman–Crippen MR) is 70.0 cm³/mol. The zero-order chi connectivity index (χ0) is 12.0. The van der Waals surface area contributed by atoms with Crippen LogP contribution in [-0.2, 0) is 11.3 Å². The normalized spacial score (nSPS) is 13.0. The van der Waals surface area contributed by atoms with E-state index in [1.165, 1.54) is 15.3 Å². The molecule has 0 amide bonds. The molecule has 1 aromatic heterocycles. The van der Waals surface area contributed by atoms with E-state index >= 15 is 0 Å². The van der Waals surface area contributed by atoms with E-state index in [2.05, 4.69) is 25.2 Å². The molecule has 0 aromatic carbocycles. The molecule has 92 valence electrons. The van der Waals surface area contributed by atoms with Gasteiger partial charge < -0.3 is 15.8 Å². The van der Waals surface area contributed by atoms with Gasteiger partial charge in [-0.3, -0.25) is 0 Å². The number of hydrogen-bond acceptors (Lipinski definition) is 4. The van der Waals surface area contributed by atoms with Crippen molar-refractivity contribution in [1.29, 1.82) is 0 Å². The summed E-state index contributed by atoms with van der Waals surface area (Å²) in [6, 6.07) is 2.43. The van der Waals surface area contributed by atoms with Gasteiger partial charge in [-0.25, -0.2) is 0 Å². The second-order valence-corrected chi connectivity index (χ2v) is 5.47. The Labute approximate surface area is 102 Å². The lowest BCUT2D eigenvalue weighted by atomic mass is 10.2. The molecule has 1 unspecified atom stereocenters. The van der Waals surface area contributed by atoms with Crippen LogP contribution in [0.2, 0.25) is 0 Å². The average Bonchev–Trinajstić information content (AvgIpc) is 2.55. The molecule has 0 radical (unpaired) electrons. The van der Waals surface area contributed by atoms with E-state index in [9.17, 15) is 0 Å². The van der Waals surface area contributed by atoms with Crippen LogP contribution in [-0.4, -0.2) is 26.3 Å². The maximum absolute atomic E-state index is 5.92. The van der Waals surface area contributed by atoms with Gasteiger partial charge in [0.1, 0.15) is 0 Å². The van der Waals surface area contributed by atoms with Crippen molar-refractivity contribution in [2.24, 2.45) is 5.73 Å². The van der Waals surface area contributed by atoms with Crippen molar-refractivity contribution in [3.05, 3.63) is 21.4 Å². The highest BCUT2D eigenvalue weighted by atomic mass is 32.1. The molecule has 1 heterocycles. The van der Waals surface area contributed by atoms with Gasteiger partial charge in [0.2, 0.25) is 0 Å². The van der Waals surface area contributed by atoms with Crippen LogP contribution in [0.15, 0.2) is 6.07 Å². The highest BCUT2D eigenvalue weighted by Gasteiger charge is 2.04. The van der Waals surface area contributed by atoms with Gasteiger partial charge in [-0.05, 0) is 31.9 Å². The van der Waals surface area contributed by atoms with E-state index < -0.39 is 0 Å². The third-order valence-electron chi connectivity index (χ3n) is 2.62. The van der Waals surface area contributed by atoms with Crippen LogP contribution in [0.4, 0.5) is 0 Å². The topological polar surface area (TPSA) is 47.3 Å². The minimum atomic E-state index is 0.183. The van der Waals surface area contributed by atoms with Crippen molar-refractivity contribution in [1.82, 2.24) is 5.32 Å². The molecule has 0 aliphatic heterocycles. The SMILES string of the molecule is COCCC(N)CNCc1cc(C)c(C)s1. The van der Waals surface area contributed by atoms with Crippen LogP contribution in [0.3, 0.4) is 0 Å². The molecule has 0 aliphatic carbocycles. The van der Waals surface area contributed by atoms with E-state index in [1.54, 1.807) is 7.11 Å². The third-order valence-corrected chi connectivity index (χ3v) is 3.77. The molecule has 1 rings (SSSR count). The first-order chi connectivity index (χ1) is 7.63. The Morgan fingerprint density at radius 2 is 2.25 bits per heavy atom. The standard InChI is InChI=1S/C12H22N2OS/c1-9-6-12(16-10(9)2)8-14-7-11(13)4-5-15-3/h6,11,14H,4-5,7-8,13H2,1-3H3. The molecular formula is C12H22N2OS. The number of methoxy groups -OCH3 is 1. The molecule has 0 aliphatic rings. The Kier molecular flexibility index (Phi) is 5.98. The first-order valence-corrected chi connectivity index (χ1v) is 6.46. The summed E-state index contributed by atoms with van der Waals surface area (Å²) < 4.78 is 4.99. The zero-order valence-corrected chi connectivity index (χ0v) is 11.2. The number of ether oxygens (including phenoxy) is 1. The van der Waals surface area contributed by atoms with Crippen molar-refractivity contribution < 1.29 is 4.74 Å². The molecule has 16 heavy (non-hydrogen) atoms. The first kappa shape index (κ1) is 13.6. The second-order valence-electron chi connectivity index (χ2n) is 4.12. The van der Waals surface area contributed by atoms with E-state index in [0.717, 1.165) is 26.1 Å². The van der Waals surface area contributed by atoms with Crippen LogP contribution in [0.1, 0.15) is 21.7 Å². The molecule has 1 aromatic rings. The van der Waals surface area contributed by atoms with Gasteiger partial charge in [0, 0.05) is 42.6 Å². The lowest BCUT2D eigenvalue weighted by Crippen LogP contribution is -2.34. The Morgan fingerprint density at radius 1 is 1.50 bits per heavy atom. The molecule has 0 saturated heterocycles. The number of nitrogens with one attached hydrogen (secondary N) is 1. The van der Waals surface area contributed by atoms with Crippen LogP contribution >= 0.6 is 11.3 Å². The smallest absolute Gasteiger partial charge is 0.0477 e. The second kappa shape index (κ2) is 7.01. The lowest BCUT2D eigenvalue weighted by molar-refractivity contribution is 0.187. The minimum Gasteiger partial charge on any atom is -0.385 e. The van der Waals surface area contributed by atoms with Gasteiger partial charge in [0.05, 0.1) is 0 Å². The van der Waals surface area contributed by atoms with E-state index in [0.29, 0.717) is 0 Å². The summed E-state index contributed by atoms with van der Waals surface area (Å²) in [5.74, 6) is 0. The summed E-state index contributed by atoms with van der Waals surface area (Å²) in [7, 11) is 1.71. The molecular weight excluding hydrogens is 220 g/mol. The fraction of sp³-hybridized carbons (Fsp3) is 0.667. The summed E-state index contributed by atoms with van der Waals surface area (Å²) in [5, 5.41) is 3.38. The number of hydrogen-bond donors (Lipinski definition) is 2. The quantitative estimate of drug-likeness (QED) is 0.766. The molecule has 4 heteroatoms. The number of nitrogens with two attached hydrogens (primary N) is 1. The van der Waals surface area contributed by atoms with Crippen molar-refractivity contribution in [2.75, 3.05) is 20.3 Å². The fourth-order valence-corrected chi connectivity index (χ4v) is 2.51. The molecule has 0 fully saturated rings.